The van der Waals surface area contributed by atoms with Gasteiger partial charge in [0.1, 0.15) is 5.16 Å². The molecule has 0 radical (unpaired) electrons. The lowest BCUT2D eigenvalue weighted by molar-refractivity contribution is 0.947. The van der Waals surface area contributed by atoms with Crippen molar-refractivity contribution in [2.24, 2.45) is 12.0 Å². The van der Waals surface area contributed by atoms with Crippen LogP contribution >= 0.6 is 11.6 Å². The molecule has 17 heavy (non-hydrogen) atoms. The lowest BCUT2D eigenvalue weighted by Crippen LogP contribution is -1.89. The SMILES string of the molecule is CC1=NC(Cl)=C(c2ccc3c(c2)ncn3C)C1. The zero-order valence-electron chi connectivity index (χ0n) is 9.74. The van der Waals surface area contributed by atoms with Crippen LogP contribution in [0.4, 0.5) is 0 Å². The average Bonchev–Trinajstić information content (AvgIpc) is 2.82. The number of imidazole rings is 1. The smallest absolute Gasteiger partial charge is 0.133 e. The standard InChI is InChI=1S/C13H12ClN3/c1-8-5-10(13(14)16-8)9-3-4-12-11(6-9)15-7-17(12)2/h3-4,6-7H,5H2,1-2H3. The molecular weight excluding hydrogens is 234 g/mol. The molecule has 2 aromatic rings. The summed E-state index contributed by atoms with van der Waals surface area (Å²) in [5.41, 5.74) is 5.39. The molecule has 3 nitrogen and oxygen atoms in total. The van der Waals surface area contributed by atoms with E-state index in [-0.39, 0.29) is 0 Å². The van der Waals surface area contributed by atoms with Crippen LogP contribution in [-0.2, 0) is 7.05 Å². The summed E-state index contributed by atoms with van der Waals surface area (Å²) in [5, 5.41) is 0.609. The Hall–Kier alpha value is -1.61. The molecule has 0 spiro atoms. The number of allylic oxidation sites excluding steroid dienone is 1. The molecule has 0 atom stereocenters. The Morgan fingerprint density at radius 1 is 1.35 bits per heavy atom. The number of halogens is 1. The van der Waals surface area contributed by atoms with E-state index in [0.717, 1.165) is 34.3 Å². The predicted molar refractivity (Wildman–Crippen MR) is 71.2 cm³/mol. The molecular formula is C13H12ClN3. The van der Waals surface area contributed by atoms with Gasteiger partial charge in [-0.1, -0.05) is 17.7 Å². The summed E-state index contributed by atoms with van der Waals surface area (Å²) >= 11 is 6.13. The third-order valence-corrected chi connectivity index (χ3v) is 3.36. The van der Waals surface area contributed by atoms with E-state index in [1.165, 1.54) is 0 Å². The number of hydrogen-bond acceptors (Lipinski definition) is 2. The third kappa shape index (κ3) is 1.67. The minimum Gasteiger partial charge on any atom is -0.334 e. The molecule has 0 fully saturated rings. The summed E-state index contributed by atoms with van der Waals surface area (Å²) in [7, 11) is 1.99. The summed E-state index contributed by atoms with van der Waals surface area (Å²) in [6.45, 7) is 1.99. The maximum absolute atomic E-state index is 6.13. The molecule has 3 rings (SSSR count). The van der Waals surface area contributed by atoms with E-state index in [4.69, 9.17) is 11.6 Å². The van der Waals surface area contributed by atoms with Gasteiger partial charge in [0.05, 0.1) is 17.4 Å². The Morgan fingerprint density at radius 2 is 2.18 bits per heavy atom. The van der Waals surface area contributed by atoms with E-state index in [1.54, 1.807) is 0 Å². The molecule has 0 unspecified atom stereocenters. The van der Waals surface area contributed by atoms with E-state index in [2.05, 4.69) is 28.2 Å². The quantitative estimate of drug-likeness (QED) is 0.709. The highest BCUT2D eigenvalue weighted by Gasteiger charge is 2.16. The highest BCUT2D eigenvalue weighted by Crippen LogP contribution is 2.32. The van der Waals surface area contributed by atoms with Crippen molar-refractivity contribution in [2.45, 2.75) is 13.3 Å². The number of aryl methyl sites for hydroxylation is 1. The lowest BCUT2D eigenvalue weighted by atomic mass is 10.0. The summed E-state index contributed by atoms with van der Waals surface area (Å²) in [6, 6.07) is 6.22. The highest BCUT2D eigenvalue weighted by molar-refractivity contribution is 6.35. The van der Waals surface area contributed by atoms with Gasteiger partial charge >= 0.3 is 0 Å². The van der Waals surface area contributed by atoms with Crippen LogP contribution in [0.1, 0.15) is 18.9 Å². The van der Waals surface area contributed by atoms with Crippen molar-refractivity contribution in [3.8, 4) is 0 Å². The Balaban J connectivity index is 2.11. The van der Waals surface area contributed by atoms with Gasteiger partial charge in [0, 0.05) is 24.8 Å². The monoisotopic (exact) mass is 245 g/mol. The van der Waals surface area contributed by atoms with E-state index in [9.17, 15) is 0 Å². The summed E-state index contributed by atoms with van der Waals surface area (Å²) < 4.78 is 2.01. The number of hydrogen-bond donors (Lipinski definition) is 0. The number of rotatable bonds is 1. The molecule has 1 aromatic heterocycles. The van der Waals surface area contributed by atoms with Crippen LogP contribution in [0.3, 0.4) is 0 Å². The van der Waals surface area contributed by atoms with Crippen molar-refractivity contribution in [3.63, 3.8) is 0 Å². The Bertz CT molecular complexity index is 664. The lowest BCUT2D eigenvalue weighted by Gasteiger charge is -2.03. The van der Waals surface area contributed by atoms with Crippen molar-refractivity contribution in [1.82, 2.24) is 9.55 Å². The number of benzene rings is 1. The van der Waals surface area contributed by atoms with Gasteiger partial charge in [-0.2, -0.15) is 0 Å². The minimum absolute atomic E-state index is 0.609. The van der Waals surface area contributed by atoms with E-state index in [0.29, 0.717) is 5.16 Å². The molecule has 2 heterocycles. The van der Waals surface area contributed by atoms with Gasteiger partial charge in [-0.25, -0.2) is 9.98 Å². The van der Waals surface area contributed by atoms with Gasteiger partial charge in [0.15, 0.2) is 0 Å². The fraction of sp³-hybridized carbons (Fsp3) is 0.231. The van der Waals surface area contributed by atoms with Crippen molar-refractivity contribution < 1.29 is 0 Å². The molecule has 0 aliphatic carbocycles. The molecule has 0 saturated heterocycles. The number of fused-ring (bicyclic) bond motifs is 1. The first-order valence-corrected chi connectivity index (χ1v) is 5.87. The summed E-state index contributed by atoms with van der Waals surface area (Å²) in [4.78, 5) is 8.62. The van der Waals surface area contributed by atoms with Crippen LogP contribution in [0.5, 0.6) is 0 Å². The molecule has 1 aliphatic rings. The van der Waals surface area contributed by atoms with Crippen molar-refractivity contribution in [3.05, 3.63) is 35.2 Å². The van der Waals surface area contributed by atoms with E-state index in [1.807, 2.05) is 24.9 Å². The fourth-order valence-electron chi connectivity index (χ4n) is 2.15. The molecule has 86 valence electrons. The van der Waals surface area contributed by atoms with E-state index < -0.39 is 0 Å². The molecule has 0 amide bonds. The zero-order chi connectivity index (χ0) is 12.0. The van der Waals surface area contributed by atoms with Crippen LogP contribution in [0.15, 0.2) is 34.7 Å². The first kappa shape index (κ1) is 10.5. The van der Waals surface area contributed by atoms with Gasteiger partial charge in [-0.05, 0) is 24.6 Å². The molecule has 0 N–H and O–H groups in total. The van der Waals surface area contributed by atoms with Gasteiger partial charge in [0.2, 0.25) is 0 Å². The van der Waals surface area contributed by atoms with E-state index >= 15 is 0 Å². The zero-order valence-corrected chi connectivity index (χ0v) is 10.5. The Morgan fingerprint density at radius 3 is 2.88 bits per heavy atom. The molecule has 1 aromatic carbocycles. The summed E-state index contributed by atoms with van der Waals surface area (Å²) in [5.74, 6) is 0. The van der Waals surface area contributed by atoms with Crippen molar-refractivity contribution in [2.75, 3.05) is 0 Å². The number of aliphatic imine (C=N–C) groups is 1. The maximum Gasteiger partial charge on any atom is 0.133 e. The summed E-state index contributed by atoms with van der Waals surface area (Å²) in [6.07, 6.45) is 2.65. The van der Waals surface area contributed by atoms with Crippen LogP contribution in [0.2, 0.25) is 0 Å². The normalized spacial score (nSPS) is 15.8. The van der Waals surface area contributed by atoms with Gasteiger partial charge in [-0.15, -0.1) is 0 Å². The average molecular weight is 246 g/mol. The van der Waals surface area contributed by atoms with Crippen LogP contribution in [-0.4, -0.2) is 15.3 Å². The molecule has 1 aliphatic heterocycles. The number of aromatic nitrogens is 2. The predicted octanol–water partition coefficient (Wildman–Crippen LogP) is 3.35. The Kier molecular flexibility index (Phi) is 2.30. The second-order valence-corrected chi connectivity index (χ2v) is 4.71. The fourth-order valence-corrected chi connectivity index (χ4v) is 2.47. The Labute approximate surface area is 104 Å². The minimum atomic E-state index is 0.609. The second kappa shape index (κ2) is 3.70. The van der Waals surface area contributed by atoms with Gasteiger partial charge in [-0.3, -0.25) is 0 Å². The third-order valence-electron chi connectivity index (χ3n) is 3.04. The molecule has 0 bridgehead atoms. The van der Waals surface area contributed by atoms with Crippen LogP contribution < -0.4 is 0 Å². The number of nitrogens with zero attached hydrogens (tertiary/aromatic N) is 3. The first-order chi connectivity index (χ1) is 8.15. The highest BCUT2D eigenvalue weighted by atomic mass is 35.5. The topological polar surface area (TPSA) is 30.2 Å². The van der Waals surface area contributed by atoms with Crippen LogP contribution in [0, 0.1) is 0 Å². The molecule has 4 heteroatoms. The van der Waals surface area contributed by atoms with Gasteiger partial charge < -0.3 is 4.57 Å². The second-order valence-electron chi connectivity index (χ2n) is 4.35. The first-order valence-electron chi connectivity index (χ1n) is 5.49. The largest absolute Gasteiger partial charge is 0.334 e. The maximum atomic E-state index is 6.13. The van der Waals surface area contributed by atoms with Crippen LogP contribution in [0.25, 0.3) is 16.6 Å². The molecule has 0 saturated carbocycles. The van der Waals surface area contributed by atoms with Crippen molar-refractivity contribution >= 4 is 33.9 Å². The van der Waals surface area contributed by atoms with Crippen molar-refractivity contribution in [1.29, 1.82) is 0 Å². The van der Waals surface area contributed by atoms with Gasteiger partial charge in [0.25, 0.3) is 0 Å².